The molecule has 0 unspecified atom stereocenters. The van der Waals surface area contributed by atoms with Crippen LogP contribution in [0.25, 0.3) is 0 Å². The van der Waals surface area contributed by atoms with Gasteiger partial charge < -0.3 is 23.8 Å². The zero-order valence-corrected chi connectivity index (χ0v) is 15.0. The summed E-state index contributed by atoms with van der Waals surface area (Å²) in [5.41, 5.74) is 0.626. The summed E-state index contributed by atoms with van der Waals surface area (Å²) >= 11 is 0. The van der Waals surface area contributed by atoms with Crippen LogP contribution in [0.4, 0.5) is 0 Å². The number of morpholine rings is 1. The molecule has 25 heavy (non-hydrogen) atoms. The van der Waals surface area contributed by atoms with Gasteiger partial charge in [-0.3, -0.25) is 4.79 Å². The van der Waals surface area contributed by atoms with Crippen LogP contribution in [-0.4, -0.2) is 69.1 Å². The summed E-state index contributed by atoms with van der Waals surface area (Å²) in [5, 5.41) is 0. The molecule has 0 aromatic heterocycles. The van der Waals surface area contributed by atoms with Crippen molar-refractivity contribution in [2.75, 3.05) is 46.7 Å². The molecular weight excluding hydrogens is 322 g/mol. The second-order valence-electron chi connectivity index (χ2n) is 6.64. The van der Waals surface area contributed by atoms with Gasteiger partial charge in [-0.15, -0.1) is 0 Å². The molecular formula is C19H27NO5. The van der Waals surface area contributed by atoms with E-state index in [1.54, 1.807) is 7.11 Å². The molecule has 0 saturated carbocycles. The van der Waals surface area contributed by atoms with Crippen molar-refractivity contribution in [3.63, 3.8) is 0 Å². The Hall–Kier alpha value is -1.63. The quantitative estimate of drug-likeness (QED) is 0.782. The van der Waals surface area contributed by atoms with Crippen molar-refractivity contribution in [1.82, 2.24) is 4.90 Å². The Balaban J connectivity index is 1.66. The average molecular weight is 349 g/mol. The van der Waals surface area contributed by atoms with E-state index in [4.69, 9.17) is 18.9 Å². The van der Waals surface area contributed by atoms with Gasteiger partial charge in [0.25, 0.3) is 0 Å². The van der Waals surface area contributed by atoms with Crippen LogP contribution in [0, 0.1) is 0 Å². The Kier molecular flexibility index (Phi) is 5.93. The molecule has 6 heteroatoms. The first-order valence-corrected chi connectivity index (χ1v) is 8.87. The van der Waals surface area contributed by atoms with Gasteiger partial charge in [0.1, 0.15) is 5.75 Å². The molecule has 138 valence electrons. The molecule has 1 spiro atoms. The molecule has 3 rings (SSSR count). The number of ether oxygens (including phenoxy) is 4. The summed E-state index contributed by atoms with van der Waals surface area (Å²) in [5.74, 6) is 0.913. The normalized spacial score (nSPS) is 26.2. The Morgan fingerprint density at radius 1 is 1.32 bits per heavy atom. The Labute approximate surface area is 149 Å². The lowest BCUT2D eigenvalue weighted by molar-refractivity contribution is -0.148. The molecule has 2 heterocycles. The van der Waals surface area contributed by atoms with E-state index in [1.165, 1.54) is 0 Å². The first-order chi connectivity index (χ1) is 12.2. The predicted molar refractivity (Wildman–Crippen MR) is 92.8 cm³/mol. The van der Waals surface area contributed by atoms with Crippen molar-refractivity contribution in [3.05, 3.63) is 29.8 Å². The van der Waals surface area contributed by atoms with E-state index in [2.05, 4.69) is 0 Å². The summed E-state index contributed by atoms with van der Waals surface area (Å²) in [7, 11) is 1.64. The van der Waals surface area contributed by atoms with Crippen LogP contribution >= 0.6 is 0 Å². The lowest BCUT2D eigenvalue weighted by atomic mass is 9.92. The molecule has 2 fully saturated rings. The smallest absolute Gasteiger partial charge is 0.227 e. The van der Waals surface area contributed by atoms with E-state index in [1.807, 2.05) is 36.1 Å². The second-order valence-corrected chi connectivity index (χ2v) is 6.64. The van der Waals surface area contributed by atoms with Gasteiger partial charge in [0.05, 0.1) is 51.6 Å². The fraction of sp³-hybridized carbons (Fsp3) is 0.632. The lowest BCUT2D eigenvalue weighted by Crippen LogP contribution is -2.60. The highest BCUT2D eigenvalue weighted by atomic mass is 16.5. The van der Waals surface area contributed by atoms with Crippen molar-refractivity contribution in [2.45, 2.75) is 31.4 Å². The van der Waals surface area contributed by atoms with Gasteiger partial charge in [0, 0.05) is 19.6 Å². The van der Waals surface area contributed by atoms with Gasteiger partial charge in [0.2, 0.25) is 5.91 Å². The second kappa shape index (κ2) is 8.17. The predicted octanol–water partition coefficient (Wildman–Crippen LogP) is 1.66. The van der Waals surface area contributed by atoms with E-state index in [0.717, 1.165) is 17.7 Å². The highest BCUT2D eigenvalue weighted by molar-refractivity contribution is 5.80. The average Bonchev–Trinajstić information content (AvgIpc) is 3.04. The van der Waals surface area contributed by atoms with Gasteiger partial charge in [-0.25, -0.2) is 0 Å². The number of amides is 1. The highest BCUT2D eigenvalue weighted by Crippen LogP contribution is 2.33. The molecule has 6 nitrogen and oxygen atoms in total. The van der Waals surface area contributed by atoms with E-state index in [0.29, 0.717) is 46.0 Å². The Bertz CT molecular complexity index is 576. The van der Waals surface area contributed by atoms with Gasteiger partial charge in [-0.2, -0.15) is 0 Å². The third-order valence-electron chi connectivity index (χ3n) is 4.92. The zero-order valence-electron chi connectivity index (χ0n) is 15.0. The number of carbonyl (C=O) groups is 1. The zero-order chi connectivity index (χ0) is 17.7. The monoisotopic (exact) mass is 349 g/mol. The molecule has 2 aliphatic rings. The van der Waals surface area contributed by atoms with Crippen molar-refractivity contribution >= 4 is 5.91 Å². The van der Waals surface area contributed by atoms with Crippen LogP contribution in [0.5, 0.6) is 5.75 Å². The maximum Gasteiger partial charge on any atom is 0.227 e. The van der Waals surface area contributed by atoms with Crippen LogP contribution in [0.3, 0.4) is 0 Å². The third-order valence-corrected chi connectivity index (χ3v) is 4.92. The molecule has 2 saturated heterocycles. The van der Waals surface area contributed by atoms with Gasteiger partial charge in [0.15, 0.2) is 0 Å². The number of hydrogen-bond donors (Lipinski definition) is 0. The number of hydrogen-bond acceptors (Lipinski definition) is 5. The largest absolute Gasteiger partial charge is 0.497 e. The number of methoxy groups -OCH3 is 1. The van der Waals surface area contributed by atoms with Crippen LogP contribution in [0.1, 0.15) is 18.9 Å². The van der Waals surface area contributed by atoms with Crippen LogP contribution in [0.2, 0.25) is 0 Å². The maximum atomic E-state index is 13.0. The van der Waals surface area contributed by atoms with Crippen molar-refractivity contribution in [3.8, 4) is 5.75 Å². The summed E-state index contributed by atoms with van der Waals surface area (Å²) in [6.45, 7) is 5.44. The molecule has 2 atom stereocenters. The first-order valence-electron chi connectivity index (χ1n) is 8.87. The third kappa shape index (κ3) is 4.14. The summed E-state index contributed by atoms with van der Waals surface area (Å²) < 4.78 is 22.2. The molecule has 2 aliphatic heterocycles. The van der Waals surface area contributed by atoms with E-state index in [9.17, 15) is 4.79 Å². The molecule has 0 radical (unpaired) electrons. The minimum absolute atomic E-state index is 0.0259. The number of benzene rings is 1. The van der Waals surface area contributed by atoms with E-state index in [-0.39, 0.29) is 17.6 Å². The summed E-state index contributed by atoms with van der Waals surface area (Å²) in [6, 6.07) is 7.64. The lowest BCUT2D eigenvalue weighted by Gasteiger charge is -2.43. The van der Waals surface area contributed by atoms with Crippen molar-refractivity contribution < 1.29 is 23.7 Å². The molecule has 0 N–H and O–H groups in total. The van der Waals surface area contributed by atoms with Gasteiger partial charge in [-0.1, -0.05) is 12.1 Å². The van der Waals surface area contributed by atoms with Crippen LogP contribution in [-0.2, 0) is 25.4 Å². The molecule has 1 aromatic carbocycles. The van der Waals surface area contributed by atoms with Gasteiger partial charge >= 0.3 is 0 Å². The first kappa shape index (κ1) is 18.2. The van der Waals surface area contributed by atoms with Crippen molar-refractivity contribution in [1.29, 1.82) is 0 Å². The van der Waals surface area contributed by atoms with Crippen LogP contribution < -0.4 is 4.74 Å². The fourth-order valence-electron chi connectivity index (χ4n) is 3.60. The molecule has 0 aliphatic carbocycles. The number of rotatable bonds is 6. The molecule has 1 aromatic rings. The minimum Gasteiger partial charge on any atom is -0.497 e. The standard InChI is InChI=1S/C19H27NO5/c1-3-23-12-17-11-19(14-25-17)13-24-9-8-20(19)18(21)10-15-4-6-16(22-2)7-5-15/h4-7,17H,3,8-14H2,1-2H3/t17-,19-/m0/s1. The molecule has 0 bridgehead atoms. The van der Waals surface area contributed by atoms with Gasteiger partial charge in [-0.05, 0) is 24.6 Å². The maximum absolute atomic E-state index is 13.0. The summed E-state index contributed by atoms with van der Waals surface area (Å²) in [4.78, 5) is 14.9. The topological polar surface area (TPSA) is 57.2 Å². The fourth-order valence-corrected chi connectivity index (χ4v) is 3.60. The number of carbonyl (C=O) groups excluding carboxylic acids is 1. The minimum atomic E-state index is -0.358. The SMILES string of the molecule is CCOC[C@@H]1C[C@]2(COCCN2C(=O)Cc2ccc(OC)cc2)CO1. The molecule has 1 amide bonds. The highest BCUT2D eigenvalue weighted by Gasteiger charge is 2.48. The van der Waals surface area contributed by atoms with E-state index < -0.39 is 0 Å². The Morgan fingerprint density at radius 2 is 2.12 bits per heavy atom. The Morgan fingerprint density at radius 3 is 2.84 bits per heavy atom. The summed E-state index contributed by atoms with van der Waals surface area (Å²) in [6.07, 6.45) is 1.17. The number of nitrogens with zero attached hydrogens (tertiary/aromatic N) is 1. The van der Waals surface area contributed by atoms with E-state index >= 15 is 0 Å². The van der Waals surface area contributed by atoms with Crippen molar-refractivity contribution in [2.24, 2.45) is 0 Å². The van der Waals surface area contributed by atoms with Crippen LogP contribution in [0.15, 0.2) is 24.3 Å².